The number of hydrogen-bond donors (Lipinski definition) is 2. The van der Waals surface area contributed by atoms with E-state index in [2.05, 4.69) is 10.3 Å². The molecule has 0 aliphatic heterocycles. The van der Waals surface area contributed by atoms with Crippen molar-refractivity contribution in [2.45, 2.75) is 24.3 Å². The molecule has 33 heavy (non-hydrogen) atoms. The number of fused-ring (bicyclic) bond motifs is 1. The van der Waals surface area contributed by atoms with Gasteiger partial charge >= 0.3 is 0 Å². The number of thiophene rings is 1. The monoisotopic (exact) mass is 482 g/mol. The SMILES string of the molecule is Cc1ccc(-n2c(SC(C)C(=O)Nc3sccc3C(N)=O)nc3ccccc3c2=O)cc1F. The van der Waals surface area contributed by atoms with Crippen LogP contribution in [0, 0.1) is 12.7 Å². The van der Waals surface area contributed by atoms with Crippen molar-refractivity contribution in [3.05, 3.63) is 81.2 Å². The number of amides is 2. The number of primary amides is 1. The Kier molecular flexibility index (Phi) is 6.30. The van der Waals surface area contributed by atoms with Gasteiger partial charge in [0, 0.05) is 0 Å². The molecular weight excluding hydrogens is 463 g/mol. The molecule has 0 fully saturated rings. The normalized spacial score (nSPS) is 12.0. The predicted octanol–water partition coefficient (Wildman–Crippen LogP) is 4.11. The van der Waals surface area contributed by atoms with Gasteiger partial charge in [0.15, 0.2) is 5.16 Å². The fourth-order valence-corrected chi connectivity index (χ4v) is 4.89. The third-order valence-corrected chi connectivity index (χ3v) is 6.86. The van der Waals surface area contributed by atoms with Gasteiger partial charge in [-0.15, -0.1) is 11.3 Å². The first-order valence-electron chi connectivity index (χ1n) is 9.89. The molecule has 1 unspecified atom stereocenters. The highest BCUT2D eigenvalue weighted by molar-refractivity contribution is 8.00. The van der Waals surface area contributed by atoms with E-state index < -0.39 is 22.9 Å². The van der Waals surface area contributed by atoms with Crippen LogP contribution in [-0.4, -0.2) is 26.6 Å². The molecule has 2 amide bonds. The Morgan fingerprint density at radius 3 is 2.70 bits per heavy atom. The van der Waals surface area contributed by atoms with Gasteiger partial charge in [-0.05, 0) is 55.1 Å². The van der Waals surface area contributed by atoms with Crippen LogP contribution in [0.2, 0.25) is 0 Å². The lowest BCUT2D eigenvalue weighted by Crippen LogP contribution is -2.26. The molecular formula is C23H19FN4O3S2. The van der Waals surface area contributed by atoms with Gasteiger partial charge in [0.05, 0.1) is 27.4 Å². The van der Waals surface area contributed by atoms with Crippen molar-refractivity contribution in [1.29, 1.82) is 0 Å². The minimum absolute atomic E-state index is 0.224. The molecule has 1 atom stereocenters. The number of aromatic nitrogens is 2. The van der Waals surface area contributed by atoms with Gasteiger partial charge in [-0.2, -0.15) is 0 Å². The van der Waals surface area contributed by atoms with Crippen LogP contribution in [0.25, 0.3) is 16.6 Å². The largest absolute Gasteiger partial charge is 0.366 e. The van der Waals surface area contributed by atoms with Crippen LogP contribution < -0.4 is 16.6 Å². The van der Waals surface area contributed by atoms with Crippen LogP contribution in [0.3, 0.4) is 0 Å². The minimum atomic E-state index is -0.692. The summed E-state index contributed by atoms with van der Waals surface area (Å²) in [6.45, 7) is 3.28. The van der Waals surface area contributed by atoms with E-state index in [-0.39, 0.29) is 16.3 Å². The summed E-state index contributed by atoms with van der Waals surface area (Å²) in [7, 11) is 0. The van der Waals surface area contributed by atoms with E-state index >= 15 is 0 Å². The Morgan fingerprint density at radius 2 is 1.97 bits per heavy atom. The highest BCUT2D eigenvalue weighted by Gasteiger charge is 2.22. The standard InChI is InChI=1S/C23H19FN4O3S2/c1-12-7-8-14(11-17(12)24)28-22(31)15-5-3-4-6-18(15)26-23(28)33-13(2)20(30)27-21-16(19(25)29)9-10-32-21/h3-11,13H,1-2H3,(H2,25,29)(H,27,30). The van der Waals surface area contributed by atoms with Crippen molar-refractivity contribution >= 4 is 50.8 Å². The maximum atomic E-state index is 14.3. The Balaban J connectivity index is 1.74. The summed E-state index contributed by atoms with van der Waals surface area (Å²) in [4.78, 5) is 42.3. The molecule has 0 aliphatic rings. The van der Waals surface area contributed by atoms with Gasteiger partial charge < -0.3 is 11.1 Å². The molecule has 10 heteroatoms. The van der Waals surface area contributed by atoms with Gasteiger partial charge in [0.2, 0.25) is 5.91 Å². The molecule has 0 spiro atoms. The van der Waals surface area contributed by atoms with Gasteiger partial charge in [0.25, 0.3) is 11.5 Å². The summed E-state index contributed by atoms with van der Waals surface area (Å²) < 4.78 is 15.6. The smallest absolute Gasteiger partial charge is 0.266 e. The summed E-state index contributed by atoms with van der Waals surface area (Å²) in [6.07, 6.45) is 0. The fourth-order valence-electron chi connectivity index (χ4n) is 3.17. The van der Waals surface area contributed by atoms with E-state index in [1.165, 1.54) is 28.0 Å². The lowest BCUT2D eigenvalue weighted by molar-refractivity contribution is -0.115. The number of hydrogen-bond acceptors (Lipinski definition) is 6. The Hall–Kier alpha value is -3.50. The van der Waals surface area contributed by atoms with Gasteiger partial charge in [-0.3, -0.25) is 19.0 Å². The van der Waals surface area contributed by atoms with Crippen LogP contribution >= 0.6 is 23.1 Å². The number of carbonyl (C=O) groups excluding carboxylic acids is 2. The third kappa shape index (κ3) is 4.53. The number of aryl methyl sites for hydroxylation is 1. The maximum Gasteiger partial charge on any atom is 0.266 e. The summed E-state index contributed by atoms with van der Waals surface area (Å²) in [5.74, 6) is -1.49. The number of anilines is 1. The van der Waals surface area contributed by atoms with Gasteiger partial charge in [-0.1, -0.05) is 30.0 Å². The fraction of sp³-hybridized carbons (Fsp3) is 0.130. The molecule has 0 radical (unpaired) electrons. The van der Waals surface area contributed by atoms with Crippen molar-refractivity contribution in [1.82, 2.24) is 9.55 Å². The topological polar surface area (TPSA) is 107 Å². The number of para-hydroxylation sites is 1. The van der Waals surface area contributed by atoms with E-state index in [0.29, 0.717) is 27.2 Å². The molecule has 2 heterocycles. The Labute approximate surface area is 196 Å². The van der Waals surface area contributed by atoms with E-state index in [9.17, 15) is 18.8 Å². The van der Waals surface area contributed by atoms with E-state index in [0.717, 1.165) is 11.8 Å². The molecule has 2 aromatic heterocycles. The van der Waals surface area contributed by atoms with Crippen LogP contribution in [0.1, 0.15) is 22.8 Å². The van der Waals surface area contributed by atoms with Gasteiger partial charge in [0.1, 0.15) is 10.8 Å². The number of benzene rings is 2. The average Bonchev–Trinajstić information content (AvgIpc) is 3.24. The zero-order chi connectivity index (χ0) is 23.7. The number of rotatable bonds is 6. The summed E-state index contributed by atoms with van der Waals surface area (Å²) in [5.41, 5.74) is 6.43. The van der Waals surface area contributed by atoms with E-state index in [1.54, 1.807) is 55.6 Å². The molecule has 4 rings (SSSR count). The molecule has 0 bridgehead atoms. The lowest BCUT2D eigenvalue weighted by atomic mass is 10.2. The first-order valence-corrected chi connectivity index (χ1v) is 11.7. The summed E-state index contributed by atoms with van der Waals surface area (Å²) in [6, 6.07) is 12.9. The maximum absolute atomic E-state index is 14.3. The third-order valence-electron chi connectivity index (χ3n) is 4.98. The summed E-state index contributed by atoms with van der Waals surface area (Å²) in [5, 5.41) is 4.64. The number of nitrogens with one attached hydrogen (secondary N) is 1. The average molecular weight is 483 g/mol. The van der Waals surface area contributed by atoms with Crippen molar-refractivity contribution < 1.29 is 14.0 Å². The van der Waals surface area contributed by atoms with Crippen molar-refractivity contribution in [3.8, 4) is 5.69 Å². The second-order valence-corrected chi connectivity index (χ2v) is 9.49. The molecule has 0 aliphatic carbocycles. The first kappa shape index (κ1) is 22.7. The zero-order valence-corrected chi connectivity index (χ0v) is 19.3. The molecule has 4 aromatic rings. The van der Waals surface area contributed by atoms with E-state index in [1.807, 2.05) is 0 Å². The Bertz CT molecular complexity index is 1450. The van der Waals surface area contributed by atoms with Crippen molar-refractivity contribution in [3.63, 3.8) is 0 Å². The lowest BCUT2D eigenvalue weighted by Gasteiger charge is -2.16. The molecule has 7 nitrogen and oxygen atoms in total. The molecule has 168 valence electrons. The van der Waals surface area contributed by atoms with Crippen molar-refractivity contribution in [2.75, 3.05) is 5.32 Å². The number of halogens is 1. The summed E-state index contributed by atoms with van der Waals surface area (Å²) >= 11 is 2.24. The number of carbonyl (C=O) groups is 2. The zero-order valence-electron chi connectivity index (χ0n) is 17.7. The van der Waals surface area contributed by atoms with Crippen LogP contribution in [-0.2, 0) is 4.79 Å². The minimum Gasteiger partial charge on any atom is -0.366 e. The number of thioether (sulfide) groups is 1. The van der Waals surface area contributed by atoms with Crippen LogP contribution in [0.5, 0.6) is 0 Å². The Morgan fingerprint density at radius 1 is 1.21 bits per heavy atom. The second-order valence-electron chi connectivity index (χ2n) is 7.26. The van der Waals surface area contributed by atoms with Gasteiger partial charge in [-0.25, -0.2) is 9.37 Å². The molecule has 0 saturated carbocycles. The first-order chi connectivity index (χ1) is 15.8. The highest BCUT2D eigenvalue weighted by atomic mass is 32.2. The highest BCUT2D eigenvalue weighted by Crippen LogP contribution is 2.28. The quantitative estimate of drug-likeness (QED) is 0.318. The number of nitrogens with zero attached hydrogens (tertiary/aromatic N) is 2. The van der Waals surface area contributed by atoms with Crippen molar-refractivity contribution in [2.24, 2.45) is 5.73 Å². The van der Waals surface area contributed by atoms with E-state index in [4.69, 9.17) is 5.73 Å². The molecule has 3 N–H and O–H groups in total. The predicted molar refractivity (Wildman–Crippen MR) is 129 cm³/mol. The number of nitrogens with two attached hydrogens (primary N) is 1. The molecule has 2 aromatic carbocycles. The van der Waals surface area contributed by atoms with Crippen LogP contribution in [0.15, 0.2) is 63.9 Å². The molecule has 0 saturated heterocycles. The van der Waals surface area contributed by atoms with Crippen LogP contribution in [0.4, 0.5) is 9.39 Å². The second kappa shape index (κ2) is 9.16.